The maximum atomic E-state index is 2.22. The van der Waals surface area contributed by atoms with Gasteiger partial charge in [0.25, 0.3) is 0 Å². The standard InChI is InChI=1S/C16H10.BrH/c1-2-8-13-12(7-1)14-9-3-5-11-6-4-10-15(13)16(11)14;/h1-10H;1H. The lowest BCUT2D eigenvalue weighted by atomic mass is 10.0. The smallest absolute Gasteiger partial charge is 0.00264 e. The Balaban J connectivity index is 0.000000902. The normalized spacial score (nSPS) is 11.1. The highest BCUT2D eigenvalue weighted by atomic mass is 79.9. The van der Waals surface area contributed by atoms with Crippen molar-refractivity contribution in [1.29, 1.82) is 0 Å². The number of fused-ring (bicyclic) bond motifs is 3. The first-order chi connectivity index (χ1) is 7.95. The second kappa shape index (κ2) is 3.71. The quantitative estimate of drug-likeness (QED) is 0.423. The Kier molecular flexibility index (Phi) is 2.30. The van der Waals surface area contributed by atoms with Crippen LogP contribution in [-0.4, -0.2) is 0 Å². The highest BCUT2D eigenvalue weighted by Gasteiger charge is 2.19. The van der Waals surface area contributed by atoms with Gasteiger partial charge in [-0.15, -0.1) is 17.0 Å². The van der Waals surface area contributed by atoms with Crippen molar-refractivity contribution in [2.45, 2.75) is 0 Å². The van der Waals surface area contributed by atoms with E-state index in [1.54, 1.807) is 0 Å². The van der Waals surface area contributed by atoms with Crippen molar-refractivity contribution in [3.8, 4) is 22.3 Å². The lowest BCUT2D eigenvalue weighted by Crippen LogP contribution is -1.73. The molecule has 0 saturated heterocycles. The maximum absolute atomic E-state index is 2.22. The van der Waals surface area contributed by atoms with E-state index in [9.17, 15) is 0 Å². The van der Waals surface area contributed by atoms with E-state index in [1.165, 1.54) is 33.0 Å². The number of rotatable bonds is 0. The van der Waals surface area contributed by atoms with Crippen molar-refractivity contribution < 1.29 is 0 Å². The fourth-order valence-corrected chi connectivity index (χ4v) is 2.74. The van der Waals surface area contributed by atoms with Crippen LogP contribution in [0.2, 0.25) is 0 Å². The molecule has 3 aromatic rings. The van der Waals surface area contributed by atoms with Crippen molar-refractivity contribution in [2.75, 3.05) is 0 Å². The molecule has 3 aromatic carbocycles. The Bertz CT molecular complexity index is 656. The van der Waals surface area contributed by atoms with Crippen LogP contribution >= 0.6 is 17.0 Å². The molecule has 0 nitrogen and oxygen atoms in total. The Morgan fingerprint density at radius 3 is 1.47 bits per heavy atom. The molecule has 1 heteroatoms. The first kappa shape index (κ1) is 10.5. The van der Waals surface area contributed by atoms with Crippen LogP contribution in [-0.2, 0) is 0 Å². The van der Waals surface area contributed by atoms with Gasteiger partial charge in [0.05, 0.1) is 0 Å². The van der Waals surface area contributed by atoms with E-state index in [2.05, 4.69) is 60.7 Å². The Labute approximate surface area is 111 Å². The molecule has 0 heterocycles. The minimum atomic E-state index is 0. The van der Waals surface area contributed by atoms with Crippen LogP contribution in [0.15, 0.2) is 60.7 Å². The lowest BCUT2D eigenvalue weighted by Gasteiger charge is -2.00. The summed E-state index contributed by atoms with van der Waals surface area (Å²) in [4.78, 5) is 0. The molecule has 0 spiro atoms. The fourth-order valence-electron chi connectivity index (χ4n) is 2.74. The summed E-state index contributed by atoms with van der Waals surface area (Å²) in [7, 11) is 0. The van der Waals surface area contributed by atoms with Gasteiger partial charge >= 0.3 is 0 Å². The summed E-state index contributed by atoms with van der Waals surface area (Å²) in [6, 6.07) is 21.8. The minimum absolute atomic E-state index is 0. The van der Waals surface area contributed by atoms with E-state index in [0.717, 1.165) is 0 Å². The van der Waals surface area contributed by atoms with Crippen molar-refractivity contribution >= 4 is 27.8 Å². The highest BCUT2D eigenvalue weighted by Crippen LogP contribution is 2.46. The van der Waals surface area contributed by atoms with E-state index in [4.69, 9.17) is 0 Å². The molecule has 0 amide bonds. The molecule has 82 valence electrons. The Hall–Kier alpha value is -1.60. The zero-order valence-corrected chi connectivity index (χ0v) is 10.9. The highest BCUT2D eigenvalue weighted by molar-refractivity contribution is 8.93. The number of hydrogen-bond donors (Lipinski definition) is 0. The van der Waals surface area contributed by atoms with Gasteiger partial charge in [-0.1, -0.05) is 60.7 Å². The first-order valence-electron chi connectivity index (χ1n) is 5.57. The average molecular weight is 283 g/mol. The predicted octanol–water partition coefficient (Wildman–Crippen LogP) is 5.07. The largest absolute Gasteiger partial charge is 0.114 e. The molecule has 0 bridgehead atoms. The molecule has 0 aromatic heterocycles. The number of hydrogen-bond acceptors (Lipinski definition) is 0. The number of benzene rings is 3. The summed E-state index contributed by atoms with van der Waals surface area (Å²) < 4.78 is 0. The summed E-state index contributed by atoms with van der Waals surface area (Å²) in [5.41, 5.74) is 5.50. The molecule has 4 rings (SSSR count). The molecule has 0 N–H and O–H groups in total. The topological polar surface area (TPSA) is 0 Å². The van der Waals surface area contributed by atoms with Gasteiger partial charge in [-0.3, -0.25) is 0 Å². The third-order valence-electron chi connectivity index (χ3n) is 3.41. The van der Waals surface area contributed by atoms with Gasteiger partial charge in [0.15, 0.2) is 0 Å². The molecule has 1 aliphatic carbocycles. The lowest BCUT2D eigenvalue weighted by molar-refractivity contribution is 1.70. The molecule has 0 aliphatic heterocycles. The van der Waals surface area contributed by atoms with Crippen LogP contribution in [0, 0.1) is 0 Å². The van der Waals surface area contributed by atoms with Crippen molar-refractivity contribution in [3.63, 3.8) is 0 Å². The third kappa shape index (κ3) is 1.29. The van der Waals surface area contributed by atoms with Crippen molar-refractivity contribution in [2.24, 2.45) is 0 Å². The summed E-state index contributed by atoms with van der Waals surface area (Å²) in [5, 5.41) is 2.75. The van der Waals surface area contributed by atoms with Crippen LogP contribution in [0.4, 0.5) is 0 Å². The molecular formula is C16H11Br. The molecule has 0 radical (unpaired) electrons. The van der Waals surface area contributed by atoms with Crippen molar-refractivity contribution in [3.05, 3.63) is 60.7 Å². The van der Waals surface area contributed by atoms with E-state index in [1.807, 2.05) is 0 Å². The van der Waals surface area contributed by atoms with E-state index in [-0.39, 0.29) is 17.0 Å². The third-order valence-corrected chi connectivity index (χ3v) is 3.41. The molecule has 1 aliphatic rings. The van der Waals surface area contributed by atoms with E-state index >= 15 is 0 Å². The molecule has 0 saturated carbocycles. The van der Waals surface area contributed by atoms with Gasteiger partial charge in [0.1, 0.15) is 0 Å². The Morgan fingerprint density at radius 2 is 0.941 bits per heavy atom. The fraction of sp³-hybridized carbons (Fsp3) is 0. The average Bonchev–Trinajstić information content (AvgIpc) is 2.68. The van der Waals surface area contributed by atoms with Crippen LogP contribution in [0.3, 0.4) is 0 Å². The summed E-state index contributed by atoms with van der Waals surface area (Å²) in [6.45, 7) is 0. The zero-order chi connectivity index (χ0) is 10.5. The summed E-state index contributed by atoms with van der Waals surface area (Å²) >= 11 is 0. The molecule has 0 unspecified atom stereocenters. The monoisotopic (exact) mass is 282 g/mol. The van der Waals surface area contributed by atoms with Crippen molar-refractivity contribution in [1.82, 2.24) is 0 Å². The van der Waals surface area contributed by atoms with Gasteiger partial charge in [0.2, 0.25) is 0 Å². The zero-order valence-electron chi connectivity index (χ0n) is 9.18. The maximum Gasteiger partial charge on any atom is -0.00264 e. The van der Waals surface area contributed by atoms with Gasteiger partial charge in [-0.05, 0) is 33.0 Å². The van der Waals surface area contributed by atoms with Crippen LogP contribution in [0.1, 0.15) is 0 Å². The molecule has 0 atom stereocenters. The van der Waals surface area contributed by atoms with E-state index in [0.29, 0.717) is 0 Å². The second-order valence-electron chi connectivity index (χ2n) is 4.25. The Morgan fingerprint density at radius 1 is 0.471 bits per heavy atom. The van der Waals surface area contributed by atoms with Gasteiger partial charge < -0.3 is 0 Å². The van der Waals surface area contributed by atoms with Gasteiger partial charge in [0, 0.05) is 0 Å². The minimum Gasteiger partial charge on any atom is -0.114 e. The molecular weight excluding hydrogens is 272 g/mol. The van der Waals surface area contributed by atoms with Crippen LogP contribution in [0.5, 0.6) is 0 Å². The SMILES string of the molecule is Br.c1ccc2c(c1)-c1cccc3cccc-2c13. The first-order valence-corrected chi connectivity index (χ1v) is 5.57. The summed E-state index contributed by atoms with van der Waals surface area (Å²) in [5.74, 6) is 0. The molecule has 17 heavy (non-hydrogen) atoms. The second-order valence-corrected chi connectivity index (χ2v) is 4.25. The van der Waals surface area contributed by atoms with Crippen LogP contribution in [0.25, 0.3) is 33.0 Å². The van der Waals surface area contributed by atoms with Crippen LogP contribution < -0.4 is 0 Å². The van der Waals surface area contributed by atoms with Gasteiger partial charge in [-0.25, -0.2) is 0 Å². The molecule has 0 fully saturated rings. The van der Waals surface area contributed by atoms with E-state index < -0.39 is 0 Å². The number of halogens is 1. The summed E-state index contributed by atoms with van der Waals surface area (Å²) in [6.07, 6.45) is 0. The van der Waals surface area contributed by atoms with Gasteiger partial charge in [-0.2, -0.15) is 0 Å². The predicted molar refractivity (Wildman–Crippen MR) is 78.7 cm³/mol.